The lowest BCUT2D eigenvalue weighted by Gasteiger charge is -2.30. The molecule has 1 aliphatic rings. The molecule has 0 aromatic carbocycles. The number of hydrogen-bond acceptors (Lipinski definition) is 1. The van der Waals surface area contributed by atoms with Gasteiger partial charge in [0.2, 0.25) is 0 Å². The zero-order valence-corrected chi connectivity index (χ0v) is 9.66. The van der Waals surface area contributed by atoms with Crippen LogP contribution in [0.4, 0.5) is 0 Å². The van der Waals surface area contributed by atoms with Gasteiger partial charge in [-0.25, -0.2) is 0 Å². The summed E-state index contributed by atoms with van der Waals surface area (Å²) in [7, 11) is 2.04. The van der Waals surface area contributed by atoms with Crippen LogP contribution in [0.5, 0.6) is 0 Å². The van der Waals surface area contributed by atoms with E-state index in [1.54, 1.807) is 0 Å². The molecule has 2 N–H and O–H groups in total. The first kappa shape index (κ1) is 11.3. The Bertz CT molecular complexity index is 195. The molecule has 0 saturated heterocycles. The Morgan fingerprint density at radius 3 is 2.57 bits per heavy atom. The van der Waals surface area contributed by atoms with Crippen molar-refractivity contribution in [2.75, 3.05) is 20.1 Å². The summed E-state index contributed by atoms with van der Waals surface area (Å²) >= 11 is 0. The lowest BCUT2D eigenvalue weighted by Crippen LogP contribution is -2.39. The van der Waals surface area contributed by atoms with Crippen LogP contribution in [-0.2, 0) is 0 Å². The normalized spacial score (nSPS) is 18.4. The van der Waals surface area contributed by atoms with Gasteiger partial charge in [-0.1, -0.05) is 20.3 Å². The molecule has 3 heteroatoms. The molecular formula is C11H23N3. The van der Waals surface area contributed by atoms with Crippen molar-refractivity contribution >= 4 is 5.96 Å². The van der Waals surface area contributed by atoms with Crippen LogP contribution in [0.2, 0.25) is 0 Å². The molecule has 14 heavy (non-hydrogen) atoms. The topological polar surface area (TPSA) is 41.6 Å². The van der Waals surface area contributed by atoms with Gasteiger partial charge >= 0.3 is 0 Å². The van der Waals surface area contributed by atoms with Crippen molar-refractivity contribution in [3.63, 3.8) is 0 Å². The van der Waals surface area contributed by atoms with E-state index < -0.39 is 0 Å². The maximum Gasteiger partial charge on any atom is 0.191 e. The third-order valence-corrected chi connectivity index (χ3v) is 2.77. The van der Waals surface area contributed by atoms with Crippen LogP contribution in [0, 0.1) is 11.8 Å². The van der Waals surface area contributed by atoms with Crippen LogP contribution >= 0.6 is 0 Å². The van der Waals surface area contributed by atoms with Gasteiger partial charge in [0, 0.05) is 20.1 Å². The van der Waals surface area contributed by atoms with E-state index >= 15 is 0 Å². The van der Waals surface area contributed by atoms with E-state index in [-0.39, 0.29) is 0 Å². The van der Waals surface area contributed by atoms with Gasteiger partial charge in [-0.15, -0.1) is 0 Å². The first-order chi connectivity index (χ1) is 6.59. The molecule has 0 radical (unpaired) electrons. The van der Waals surface area contributed by atoms with Crippen molar-refractivity contribution in [3.05, 3.63) is 0 Å². The van der Waals surface area contributed by atoms with E-state index in [1.807, 2.05) is 7.05 Å². The number of guanidine groups is 1. The molecule has 1 fully saturated rings. The van der Waals surface area contributed by atoms with E-state index in [0.29, 0.717) is 11.9 Å². The highest BCUT2D eigenvalue weighted by molar-refractivity contribution is 5.77. The smallest absolute Gasteiger partial charge is 0.191 e. The van der Waals surface area contributed by atoms with Crippen molar-refractivity contribution in [2.45, 2.75) is 33.1 Å². The van der Waals surface area contributed by atoms with Gasteiger partial charge < -0.3 is 10.6 Å². The molecule has 0 atom stereocenters. The Labute approximate surface area is 87.4 Å². The summed E-state index contributed by atoms with van der Waals surface area (Å²) < 4.78 is 0. The second-order valence-corrected chi connectivity index (χ2v) is 4.77. The van der Waals surface area contributed by atoms with Crippen LogP contribution in [0.3, 0.4) is 0 Å². The molecule has 0 heterocycles. The monoisotopic (exact) mass is 197 g/mol. The van der Waals surface area contributed by atoms with Crippen LogP contribution in [0.1, 0.15) is 33.1 Å². The molecule has 1 saturated carbocycles. The van der Waals surface area contributed by atoms with E-state index in [2.05, 4.69) is 23.7 Å². The van der Waals surface area contributed by atoms with Gasteiger partial charge in [0.05, 0.1) is 0 Å². The summed E-state index contributed by atoms with van der Waals surface area (Å²) in [5.41, 5.74) is 5.87. The molecule has 1 rings (SSSR count). The molecule has 0 bridgehead atoms. The molecule has 82 valence electrons. The van der Waals surface area contributed by atoms with Crippen LogP contribution in [0.25, 0.3) is 0 Å². The fourth-order valence-electron chi connectivity index (χ4n) is 1.55. The summed E-state index contributed by atoms with van der Waals surface area (Å²) in [6.07, 6.45) is 4.12. The standard InChI is InChI=1S/C11H23N3/c1-9(2)7-13-11(12)14(3)8-10-5-4-6-10/h9-10H,4-8H2,1-3H3,(H2,12,13). The third-order valence-electron chi connectivity index (χ3n) is 2.77. The van der Waals surface area contributed by atoms with Crippen LogP contribution in [-0.4, -0.2) is 31.0 Å². The molecular weight excluding hydrogens is 174 g/mol. The Kier molecular flexibility index (Phi) is 4.23. The van der Waals surface area contributed by atoms with Crippen LogP contribution in [0.15, 0.2) is 4.99 Å². The molecule has 0 aromatic rings. The number of nitrogens with zero attached hydrogens (tertiary/aromatic N) is 2. The average Bonchev–Trinajstić information content (AvgIpc) is 2.06. The first-order valence-electron chi connectivity index (χ1n) is 5.60. The summed E-state index contributed by atoms with van der Waals surface area (Å²) in [6, 6.07) is 0. The minimum absolute atomic E-state index is 0.589. The number of aliphatic imine (C=N–C) groups is 1. The zero-order chi connectivity index (χ0) is 10.6. The Hall–Kier alpha value is -0.730. The first-order valence-corrected chi connectivity index (χ1v) is 5.60. The molecule has 1 aliphatic carbocycles. The predicted octanol–water partition coefficient (Wildman–Crippen LogP) is 1.69. The fraction of sp³-hybridized carbons (Fsp3) is 0.909. The summed E-state index contributed by atoms with van der Waals surface area (Å²) in [5.74, 6) is 2.14. The van der Waals surface area contributed by atoms with Crippen molar-refractivity contribution < 1.29 is 0 Å². The quantitative estimate of drug-likeness (QED) is 0.550. The van der Waals surface area contributed by atoms with E-state index in [1.165, 1.54) is 19.3 Å². The third kappa shape index (κ3) is 3.56. The van der Waals surface area contributed by atoms with Crippen molar-refractivity contribution in [3.8, 4) is 0 Å². The average molecular weight is 197 g/mol. The number of rotatable bonds is 4. The molecule has 0 aromatic heterocycles. The van der Waals surface area contributed by atoms with Crippen molar-refractivity contribution in [1.82, 2.24) is 4.90 Å². The fourth-order valence-corrected chi connectivity index (χ4v) is 1.55. The molecule has 0 aliphatic heterocycles. The highest BCUT2D eigenvalue weighted by atomic mass is 15.2. The Balaban J connectivity index is 2.26. The zero-order valence-electron chi connectivity index (χ0n) is 9.66. The van der Waals surface area contributed by atoms with Gasteiger partial charge in [-0.05, 0) is 24.7 Å². The lowest BCUT2D eigenvalue weighted by molar-refractivity contribution is 0.257. The van der Waals surface area contributed by atoms with E-state index in [4.69, 9.17) is 5.73 Å². The second-order valence-electron chi connectivity index (χ2n) is 4.77. The van der Waals surface area contributed by atoms with Crippen molar-refractivity contribution in [1.29, 1.82) is 0 Å². The highest BCUT2D eigenvalue weighted by Gasteiger charge is 2.19. The van der Waals surface area contributed by atoms with Crippen LogP contribution < -0.4 is 5.73 Å². The number of nitrogens with two attached hydrogens (primary N) is 1. The summed E-state index contributed by atoms with van der Waals surface area (Å²) in [4.78, 5) is 6.44. The maximum absolute atomic E-state index is 5.87. The SMILES string of the molecule is CC(C)CN=C(N)N(C)CC1CCC1. The largest absolute Gasteiger partial charge is 0.370 e. The highest BCUT2D eigenvalue weighted by Crippen LogP contribution is 2.26. The minimum atomic E-state index is 0.589. The van der Waals surface area contributed by atoms with Gasteiger partial charge in [-0.3, -0.25) is 4.99 Å². The Morgan fingerprint density at radius 2 is 2.14 bits per heavy atom. The predicted molar refractivity (Wildman–Crippen MR) is 61.3 cm³/mol. The molecule has 0 amide bonds. The summed E-state index contributed by atoms with van der Waals surface area (Å²) in [5, 5.41) is 0. The number of hydrogen-bond donors (Lipinski definition) is 1. The molecule has 3 nitrogen and oxygen atoms in total. The van der Waals surface area contributed by atoms with Crippen molar-refractivity contribution in [2.24, 2.45) is 22.6 Å². The van der Waals surface area contributed by atoms with Gasteiger partial charge in [-0.2, -0.15) is 0 Å². The minimum Gasteiger partial charge on any atom is -0.370 e. The summed E-state index contributed by atoms with van der Waals surface area (Å²) in [6.45, 7) is 6.22. The van der Waals surface area contributed by atoms with E-state index in [0.717, 1.165) is 19.0 Å². The van der Waals surface area contributed by atoms with E-state index in [9.17, 15) is 0 Å². The van der Waals surface area contributed by atoms with Gasteiger partial charge in [0.25, 0.3) is 0 Å². The lowest BCUT2D eigenvalue weighted by atomic mass is 9.85. The molecule has 0 spiro atoms. The Morgan fingerprint density at radius 1 is 1.50 bits per heavy atom. The molecule has 0 unspecified atom stereocenters. The second kappa shape index (κ2) is 5.23. The maximum atomic E-state index is 5.87. The van der Waals surface area contributed by atoms with Gasteiger partial charge in [0.1, 0.15) is 0 Å². The van der Waals surface area contributed by atoms with Gasteiger partial charge in [0.15, 0.2) is 5.96 Å².